The molecule has 0 aromatic heterocycles. The van der Waals surface area contributed by atoms with E-state index in [1.54, 1.807) is 24.3 Å². The Morgan fingerprint density at radius 1 is 1.09 bits per heavy atom. The summed E-state index contributed by atoms with van der Waals surface area (Å²) in [5.74, 6) is 0.411. The number of aliphatic hydroxyl groups is 1. The number of nitrogens with zero attached hydrogens (tertiary/aromatic N) is 1. The topological polar surface area (TPSA) is 81.8 Å². The molecule has 0 heterocycles. The van der Waals surface area contributed by atoms with Gasteiger partial charge in [0.25, 0.3) is 5.69 Å². The summed E-state index contributed by atoms with van der Waals surface area (Å²) < 4.78 is 24.3. The number of hydrogen-bond donors (Lipinski definition) is 1. The molecule has 7 heteroatoms. The molecule has 0 unspecified atom stereocenters. The summed E-state index contributed by atoms with van der Waals surface area (Å²) in [5, 5.41) is 19.2. The van der Waals surface area contributed by atoms with E-state index in [1.165, 1.54) is 12.1 Å². The fraction of sp³-hybridized carbons (Fsp3) is 0.200. The molecule has 0 fully saturated rings. The van der Waals surface area contributed by atoms with Crippen molar-refractivity contribution in [3.8, 4) is 11.5 Å². The van der Waals surface area contributed by atoms with Crippen LogP contribution < -0.4 is 9.47 Å². The highest BCUT2D eigenvalue weighted by atomic mass is 19.1. The second kappa shape index (κ2) is 7.37. The Labute approximate surface area is 125 Å². The Morgan fingerprint density at radius 3 is 2.27 bits per heavy atom. The molecule has 0 saturated heterocycles. The first-order chi connectivity index (χ1) is 10.6. The van der Waals surface area contributed by atoms with Crippen LogP contribution in [-0.4, -0.2) is 23.2 Å². The summed E-state index contributed by atoms with van der Waals surface area (Å²) in [6.45, 7) is 0.0898. The summed E-state index contributed by atoms with van der Waals surface area (Å²) in [7, 11) is 0. The Hall–Kier alpha value is -2.67. The zero-order valence-electron chi connectivity index (χ0n) is 11.6. The molecular formula is C15H14FNO5. The van der Waals surface area contributed by atoms with Crippen LogP contribution in [0.2, 0.25) is 0 Å². The first kappa shape index (κ1) is 15.7. The summed E-state index contributed by atoms with van der Waals surface area (Å²) in [5.41, 5.74) is -0.0714. The Morgan fingerprint density at radius 2 is 1.73 bits per heavy atom. The Kier molecular flexibility index (Phi) is 5.26. The highest BCUT2D eigenvalue weighted by Gasteiger charge is 2.11. The molecule has 6 nitrogen and oxygen atoms in total. The number of halogens is 1. The lowest BCUT2D eigenvalue weighted by Crippen LogP contribution is -2.02. The maximum absolute atomic E-state index is 13.7. The van der Waals surface area contributed by atoms with E-state index in [-0.39, 0.29) is 31.1 Å². The Balaban J connectivity index is 1.96. The van der Waals surface area contributed by atoms with Gasteiger partial charge >= 0.3 is 0 Å². The molecule has 0 saturated carbocycles. The van der Waals surface area contributed by atoms with Gasteiger partial charge in [-0.25, -0.2) is 4.39 Å². The monoisotopic (exact) mass is 307 g/mol. The number of hydrogen-bond acceptors (Lipinski definition) is 5. The van der Waals surface area contributed by atoms with Crippen LogP contribution in [0.25, 0.3) is 0 Å². The maximum atomic E-state index is 13.7. The van der Waals surface area contributed by atoms with Gasteiger partial charge in [-0.1, -0.05) is 0 Å². The van der Waals surface area contributed by atoms with Gasteiger partial charge in [0.15, 0.2) is 0 Å². The minimum Gasteiger partial charge on any atom is -0.491 e. The molecule has 0 aliphatic rings. The largest absolute Gasteiger partial charge is 0.491 e. The highest BCUT2D eigenvalue weighted by Crippen LogP contribution is 2.21. The van der Waals surface area contributed by atoms with E-state index in [4.69, 9.17) is 14.6 Å². The molecule has 116 valence electrons. The number of ether oxygens (including phenoxy) is 2. The summed E-state index contributed by atoms with van der Waals surface area (Å²) in [6, 6.07) is 10.0. The van der Waals surface area contributed by atoms with Crippen LogP contribution in [0.3, 0.4) is 0 Å². The molecule has 0 aliphatic carbocycles. The van der Waals surface area contributed by atoms with Gasteiger partial charge in [0.1, 0.15) is 30.5 Å². The predicted octanol–water partition coefficient (Wildman–Crippen LogP) is 2.68. The lowest BCUT2D eigenvalue weighted by Gasteiger charge is -2.08. The van der Waals surface area contributed by atoms with Crippen molar-refractivity contribution in [3.63, 3.8) is 0 Å². The first-order valence-electron chi connectivity index (χ1n) is 6.49. The Bertz CT molecular complexity index is 645. The van der Waals surface area contributed by atoms with Crippen LogP contribution in [0.1, 0.15) is 5.56 Å². The van der Waals surface area contributed by atoms with Crippen LogP contribution in [0.5, 0.6) is 11.5 Å². The molecule has 22 heavy (non-hydrogen) atoms. The predicted molar refractivity (Wildman–Crippen MR) is 76.4 cm³/mol. The fourth-order valence-electron chi connectivity index (χ4n) is 1.72. The van der Waals surface area contributed by atoms with Crippen LogP contribution in [0.15, 0.2) is 42.5 Å². The summed E-state index contributed by atoms with van der Waals surface area (Å²) in [6.07, 6.45) is 0. The first-order valence-corrected chi connectivity index (χ1v) is 6.49. The zero-order valence-corrected chi connectivity index (χ0v) is 11.6. The zero-order chi connectivity index (χ0) is 15.9. The van der Waals surface area contributed by atoms with E-state index in [0.717, 1.165) is 6.07 Å². The SMILES string of the molecule is O=[N+]([O-])c1ccc(COc2ccc(OCCO)cc2)c(F)c1. The minimum absolute atomic E-state index is 0.0410. The summed E-state index contributed by atoms with van der Waals surface area (Å²) >= 11 is 0. The molecule has 0 radical (unpaired) electrons. The van der Waals surface area contributed by atoms with Gasteiger partial charge in [0.05, 0.1) is 17.6 Å². The number of rotatable bonds is 7. The van der Waals surface area contributed by atoms with E-state index in [9.17, 15) is 14.5 Å². The normalized spacial score (nSPS) is 10.3. The molecule has 0 spiro atoms. The number of benzene rings is 2. The van der Waals surface area contributed by atoms with Gasteiger partial charge < -0.3 is 14.6 Å². The third-order valence-corrected chi connectivity index (χ3v) is 2.83. The van der Waals surface area contributed by atoms with Crippen molar-refractivity contribution in [3.05, 3.63) is 64.0 Å². The summed E-state index contributed by atoms with van der Waals surface area (Å²) in [4.78, 5) is 9.88. The molecule has 0 aliphatic heterocycles. The molecule has 1 N–H and O–H groups in total. The minimum atomic E-state index is -0.683. The van der Waals surface area contributed by atoms with Crippen molar-refractivity contribution in [2.45, 2.75) is 6.61 Å². The van der Waals surface area contributed by atoms with E-state index in [1.807, 2.05) is 0 Å². The van der Waals surface area contributed by atoms with E-state index in [0.29, 0.717) is 11.5 Å². The number of nitro groups is 1. The van der Waals surface area contributed by atoms with Gasteiger partial charge in [0, 0.05) is 11.6 Å². The average Bonchev–Trinajstić information content (AvgIpc) is 2.52. The van der Waals surface area contributed by atoms with Crippen LogP contribution in [-0.2, 0) is 6.61 Å². The standard InChI is InChI=1S/C15H14FNO5/c16-15-9-12(17(19)20)2-1-11(15)10-22-14-5-3-13(4-6-14)21-8-7-18/h1-6,9,18H,7-8,10H2. The van der Waals surface area contributed by atoms with E-state index in [2.05, 4.69) is 0 Å². The van der Waals surface area contributed by atoms with E-state index < -0.39 is 10.7 Å². The second-order valence-electron chi connectivity index (χ2n) is 4.36. The fourth-order valence-corrected chi connectivity index (χ4v) is 1.72. The molecular weight excluding hydrogens is 293 g/mol. The van der Waals surface area contributed by atoms with Crippen molar-refractivity contribution in [1.82, 2.24) is 0 Å². The van der Waals surface area contributed by atoms with Crippen molar-refractivity contribution < 1.29 is 23.9 Å². The average molecular weight is 307 g/mol. The number of nitro benzene ring substituents is 1. The quantitative estimate of drug-likeness (QED) is 0.628. The van der Waals surface area contributed by atoms with Gasteiger partial charge in [-0.2, -0.15) is 0 Å². The molecule has 2 rings (SSSR count). The lowest BCUT2D eigenvalue weighted by atomic mass is 10.2. The van der Waals surface area contributed by atoms with Crippen molar-refractivity contribution in [2.75, 3.05) is 13.2 Å². The number of non-ortho nitro benzene ring substituents is 1. The maximum Gasteiger partial charge on any atom is 0.272 e. The van der Waals surface area contributed by atoms with Gasteiger partial charge in [-0.05, 0) is 30.3 Å². The van der Waals surface area contributed by atoms with Crippen molar-refractivity contribution in [1.29, 1.82) is 0 Å². The van der Waals surface area contributed by atoms with Crippen molar-refractivity contribution >= 4 is 5.69 Å². The molecule has 0 amide bonds. The van der Waals surface area contributed by atoms with E-state index >= 15 is 0 Å². The van der Waals surface area contributed by atoms with Gasteiger partial charge in [-0.3, -0.25) is 10.1 Å². The van der Waals surface area contributed by atoms with Gasteiger partial charge in [-0.15, -0.1) is 0 Å². The smallest absolute Gasteiger partial charge is 0.272 e. The number of aliphatic hydroxyl groups excluding tert-OH is 1. The van der Waals surface area contributed by atoms with Crippen LogP contribution in [0, 0.1) is 15.9 Å². The molecule has 0 bridgehead atoms. The van der Waals surface area contributed by atoms with Crippen LogP contribution in [0.4, 0.5) is 10.1 Å². The third kappa shape index (κ3) is 4.16. The third-order valence-electron chi connectivity index (χ3n) is 2.83. The highest BCUT2D eigenvalue weighted by molar-refractivity contribution is 5.35. The molecule has 0 atom stereocenters. The van der Waals surface area contributed by atoms with Crippen LogP contribution >= 0.6 is 0 Å². The molecule has 2 aromatic rings. The lowest BCUT2D eigenvalue weighted by molar-refractivity contribution is -0.385. The second-order valence-corrected chi connectivity index (χ2v) is 4.36. The van der Waals surface area contributed by atoms with Gasteiger partial charge in [0.2, 0.25) is 0 Å². The molecule has 2 aromatic carbocycles. The van der Waals surface area contributed by atoms with Crippen molar-refractivity contribution in [2.24, 2.45) is 0 Å².